The predicted molar refractivity (Wildman–Crippen MR) is 186 cm³/mol. The molecular weight excluding hydrogens is 656 g/mol. The summed E-state index contributed by atoms with van der Waals surface area (Å²) in [7, 11) is 0. The summed E-state index contributed by atoms with van der Waals surface area (Å²) in [5.41, 5.74) is 1.81. The van der Waals surface area contributed by atoms with Gasteiger partial charge in [-0.05, 0) is 69.5 Å². The highest BCUT2D eigenvalue weighted by molar-refractivity contribution is 6.04. The number of benzene rings is 4. The molecule has 51 heavy (non-hydrogen) atoms. The minimum atomic E-state index is -1.16. The number of ether oxygens (including phenoxy) is 1. The van der Waals surface area contributed by atoms with Crippen LogP contribution in [0.25, 0.3) is 0 Å². The van der Waals surface area contributed by atoms with Gasteiger partial charge in [-0.25, -0.2) is 0 Å². The van der Waals surface area contributed by atoms with Crippen molar-refractivity contribution >= 4 is 11.6 Å². The zero-order valence-electron chi connectivity index (χ0n) is 28.0. The van der Waals surface area contributed by atoms with E-state index in [4.69, 9.17) is 4.74 Å². The van der Waals surface area contributed by atoms with Crippen LogP contribution >= 0.6 is 0 Å². The highest BCUT2D eigenvalue weighted by Crippen LogP contribution is 2.55. The average molecular weight is 695 g/mol. The molecular formula is C40H38O11. The number of phenolic OH excluding ortho intramolecular Hbond substituents is 8. The van der Waals surface area contributed by atoms with Crippen molar-refractivity contribution < 1.29 is 55.2 Å². The van der Waals surface area contributed by atoms with Gasteiger partial charge in [0.1, 0.15) is 63.4 Å². The number of phenols is 8. The number of aromatic hydroxyl groups is 8. The van der Waals surface area contributed by atoms with Gasteiger partial charge in [0.25, 0.3) is 0 Å². The molecule has 6 rings (SSSR count). The smallest absolute Gasteiger partial charge is 0.177 e. The predicted octanol–water partition coefficient (Wildman–Crippen LogP) is 7.34. The highest BCUT2D eigenvalue weighted by Gasteiger charge is 2.45. The molecule has 0 bridgehead atoms. The van der Waals surface area contributed by atoms with Crippen LogP contribution in [0.5, 0.6) is 51.7 Å². The maximum atomic E-state index is 14.5. The van der Waals surface area contributed by atoms with Crippen molar-refractivity contribution in [2.45, 2.75) is 51.6 Å². The van der Waals surface area contributed by atoms with Gasteiger partial charge in [0.2, 0.25) is 0 Å². The number of carbonyl (C=O) groups excluding carboxylic acids is 2. The lowest BCUT2D eigenvalue weighted by molar-refractivity contribution is 0.0648. The topological polar surface area (TPSA) is 205 Å². The first-order valence-corrected chi connectivity index (χ1v) is 16.4. The summed E-state index contributed by atoms with van der Waals surface area (Å²) in [5, 5.41) is 85.9. The van der Waals surface area contributed by atoms with Crippen LogP contribution in [0.15, 0.2) is 84.0 Å². The Morgan fingerprint density at radius 3 is 2.10 bits per heavy atom. The molecule has 4 aromatic rings. The Hall–Kier alpha value is -6.10. The summed E-state index contributed by atoms with van der Waals surface area (Å²) in [5.74, 6) is -7.99. The van der Waals surface area contributed by atoms with Crippen LogP contribution in [-0.2, 0) is 0 Å². The molecule has 1 aliphatic heterocycles. The van der Waals surface area contributed by atoms with Crippen molar-refractivity contribution in [2.75, 3.05) is 0 Å². The van der Waals surface area contributed by atoms with Crippen LogP contribution in [0.1, 0.15) is 89.0 Å². The van der Waals surface area contributed by atoms with Gasteiger partial charge in [-0.1, -0.05) is 29.4 Å². The molecule has 8 N–H and O–H groups in total. The zero-order valence-corrected chi connectivity index (χ0v) is 28.0. The number of rotatable bonds is 7. The number of fused-ring (bicyclic) bond motifs is 1. The molecule has 0 saturated heterocycles. The molecule has 5 unspecified atom stereocenters. The van der Waals surface area contributed by atoms with Gasteiger partial charge in [-0.3, -0.25) is 9.59 Å². The van der Waals surface area contributed by atoms with Crippen molar-refractivity contribution in [3.63, 3.8) is 0 Å². The largest absolute Gasteiger partial charge is 0.508 e. The monoisotopic (exact) mass is 694 g/mol. The summed E-state index contributed by atoms with van der Waals surface area (Å²) in [6.07, 6.45) is 2.79. The van der Waals surface area contributed by atoms with Crippen molar-refractivity contribution in [3.05, 3.63) is 112 Å². The summed E-state index contributed by atoms with van der Waals surface area (Å²) in [4.78, 5) is 28.5. The van der Waals surface area contributed by atoms with E-state index in [0.717, 1.165) is 29.3 Å². The molecule has 0 spiro atoms. The molecule has 0 amide bonds. The van der Waals surface area contributed by atoms with E-state index in [-0.39, 0.29) is 75.3 Å². The van der Waals surface area contributed by atoms with Crippen molar-refractivity contribution in [1.82, 2.24) is 0 Å². The molecule has 1 heterocycles. The minimum Gasteiger partial charge on any atom is -0.508 e. The van der Waals surface area contributed by atoms with E-state index in [1.165, 1.54) is 42.5 Å². The maximum Gasteiger partial charge on any atom is 0.177 e. The first kappa shape index (κ1) is 34.8. The van der Waals surface area contributed by atoms with Gasteiger partial charge in [0.15, 0.2) is 11.6 Å². The van der Waals surface area contributed by atoms with E-state index in [2.05, 4.69) is 0 Å². The molecule has 0 aromatic heterocycles. The molecule has 264 valence electrons. The van der Waals surface area contributed by atoms with Gasteiger partial charge < -0.3 is 45.6 Å². The van der Waals surface area contributed by atoms with Gasteiger partial charge in [0.05, 0.1) is 5.92 Å². The molecule has 11 heteroatoms. The Labute approximate surface area is 293 Å². The van der Waals surface area contributed by atoms with Gasteiger partial charge in [0, 0.05) is 58.7 Å². The van der Waals surface area contributed by atoms with E-state index in [1.807, 2.05) is 19.9 Å². The number of carbonyl (C=O) groups is 2. The van der Waals surface area contributed by atoms with E-state index < -0.39 is 52.8 Å². The third kappa shape index (κ3) is 6.50. The fourth-order valence-corrected chi connectivity index (χ4v) is 7.40. The lowest BCUT2D eigenvalue weighted by Crippen LogP contribution is -2.33. The lowest BCUT2D eigenvalue weighted by Gasteiger charge is -2.38. The van der Waals surface area contributed by atoms with Crippen LogP contribution in [0.3, 0.4) is 0 Å². The molecule has 4 aromatic carbocycles. The standard InChI is InChI=1S/C40H38O11/c1-18(2)4-6-26-39(50)36-32(47)16-24(44)17-33(36)51-40(26)27-8-9-30(45)35(38(27)49)29-11-19(3)10-28(25-7-5-21(41)15-31(25)46)34(29)37(48)20-12-22(42)14-23(43)13-20/h4-5,7-9,11-17,26,28-29,34,40-47,49H,6,10H2,1-3H3. The van der Waals surface area contributed by atoms with E-state index >= 15 is 0 Å². The molecule has 11 nitrogen and oxygen atoms in total. The number of ketones is 2. The summed E-state index contributed by atoms with van der Waals surface area (Å²) in [6, 6.07) is 12.4. The van der Waals surface area contributed by atoms with E-state index in [0.29, 0.717) is 5.56 Å². The SMILES string of the molecule is CC(C)=CCC1C(=O)c2c(O)cc(O)cc2OC1c1ccc(O)c(C2C=C(C)CC(c3ccc(O)cc3O)C2C(=O)c2cc(O)cc(O)c2)c1O. The number of allylic oxidation sites excluding steroid dienone is 4. The van der Waals surface area contributed by atoms with Crippen LogP contribution in [0.2, 0.25) is 0 Å². The van der Waals surface area contributed by atoms with Crippen molar-refractivity contribution in [3.8, 4) is 51.7 Å². The quantitative estimate of drug-likeness (QED) is 0.0710. The number of Topliss-reactive ketones (excluding diaryl/α,β-unsaturated/α-hetero) is 2. The number of hydrogen-bond donors (Lipinski definition) is 8. The van der Waals surface area contributed by atoms with Crippen LogP contribution in [-0.4, -0.2) is 52.4 Å². The first-order valence-electron chi connectivity index (χ1n) is 16.4. The fourth-order valence-electron chi connectivity index (χ4n) is 7.40. The summed E-state index contributed by atoms with van der Waals surface area (Å²) in [6.45, 7) is 5.50. The van der Waals surface area contributed by atoms with Gasteiger partial charge >= 0.3 is 0 Å². The van der Waals surface area contributed by atoms with Gasteiger partial charge in [-0.2, -0.15) is 0 Å². The summed E-state index contributed by atoms with van der Waals surface area (Å²) >= 11 is 0. The third-order valence-corrected chi connectivity index (χ3v) is 9.64. The lowest BCUT2D eigenvalue weighted by atomic mass is 9.65. The van der Waals surface area contributed by atoms with Crippen LogP contribution in [0.4, 0.5) is 0 Å². The average Bonchev–Trinajstić information content (AvgIpc) is 3.03. The van der Waals surface area contributed by atoms with E-state index in [1.54, 1.807) is 13.0 Å². The Morgan fingerprint density at radius 1 is 0.784 bits per heavy atom. The Morgan fingerprint density at radius 2 is 1.43 bits per heavy atom. The molecule has 0 fully saturated rings. The fraction of sp³-hybridized carbons (Fsp3) is 0.250. The van der Waals surface area contributed by atoms with Crippen LogP contribution in [0, 0.1) is 11.8 Å². The second-order valence-electron chi connectivity index (χ2n) is 13.5. The Kier molecular flexibility index (Phi) is 9.07. The third-order valence-electron chi connectivity index (χ3n) is 9.64. The first-order chi connectivity index (χ1) is 24.1. The highest BCUT2D eigenvalue weighted by atomic mass is 16.5. The van der Waals surface area contributed by atoms with Gasteiger partial charge in [-0.15, -0.1) is 0 Å². The zero-order chi connectivity index (χ0) is 36.9. The number of hydrogen-bond acceptors (Lipinski definition) is 11. The molecule has 1 aliphatic carbocycles. The Bertz CT molecular complexity index is 2110. The molecule has 0 radical (unpaired) electrons. The second kappa shape index (κ2) is 13.3. The Balaban J connectivity index is 1.55. The molecule has 5 atom stereocenters. The molecule has 0 saturated carbocycles. The van der Waals surface area contributed by atoms with Crippen molar-refractivity contribution in [2.24, 2.45) is 11.8 Å². The summed E-state index contributed by atoms with van der Waals surface area (Å²) < 4.78 is 6.26. The molecule has 2 aliphatic rings. The van der Waals surface area contributed by atoms with Crippen molar-refractivity contribution in [1.29, 1.82) is 0 Å². The maximum absolute atomic E-state index is 14.5. The van der Waals surface area contributed by atoms with E-state index in [9.17, 15) is 50.4 Å². The second-order valence-corrected chi connectivity index (χ2v) is 13.5. The normalized spacial score (nSPS) is 21.3. The van der Waals surface area contributed by atoms with Crippen LogP contribution < -0.4 is 4.74 Å². The minimum absolute atomic E-state index is 0.0620.